The number of hydrogen-bond donors (Lipinski definition) is 2. The molecule has 0 spiro atoms. The van der Waals surface area contributed by atoms with E-state index in [1.165, 1.54) is 10.6 Å². The molecule has 0 saturated heterocycles. The van der Waals surface area contributed by atoms with Crippen molar-refractivity contribution in [2.24, 2.45) is 5.92 Å². The van der Waals surface area contributed by atoms with Crippen molar-refractivity contribution in [3.63, 3.8) is 0 Å². The van der Waals surface area contributed by atoms with Gasteiger partial charge in [-0.1, -0.05) is 18.9 Å². The molecule has 0 atom stereocenters. The number of para-hydroxylation sites is 1. The van der Waals surface area contributed by atoms with E-state index in [2.05, 4.69) is 4.98 Å². The van der Waals surface area contributed by atoms with Gasteiger partial charge < -0.3 is 14.7 Å². The molecule has 0 unspecified atom stereocenters. The normalized spacial score (nSPS) is 14.6. The van der Waals surface area contributed by atoms with Crippen LogP contribution in [0, 0.1) is 5.92 Å². The first-order valence-electron chi connectivity index (χ1n) is 6.57. The highest BCUT2D eigenvalue weighted by atomic mass is 16.4. The molecule has 1 fully saturated rings. The molecule has 3 rings (SSSR count). The van der Waals surface area contributed by atoms with Crippen molar-refractivity contribution in [3.8, 4) is 0 Å². The summed E-state index contributed by atoms with van der Waals surface area (Å²) in [7, 11) is 0. The zero-order valence-corrected chi connectivity index (χ0v) is 10.8. The van der Waals surface area contributed by atoms with Crippen molar-refractivity contribution in [2.75, 3.05) is 0 Å². The molecule has 6 heteroatoms. The van der Waals surface area contributed by atoms with Crippen LogP contribution in [0.4, 0.5) is 0 Å². The van der Waals surface area contributed by atoms with Crippen molar-refractivity contribution in [1.29, 1.82) is 0 Å². The quantitative estimate of drug-likeness (QED) is 0.819. The Morgan fingerprint density at radius 3 is 2.75 bits per heavy atom. The van der Waals surface area contributed by atoms with Crippen LogP contribution in [0.5, 0.6) is 0 Å². The fraction of sp³-hybridized carbons (Fsp3) is 0.357. The van der Waals surface area contributed by atoms with E-state index in [9.17, 15) is 14.4 Å². The number of H-pyrrole nitrogens is 1. The number of benzene rings is 1. The highest BCUT2D eigenvalue weighted by molar-refractivity contribution is 6.00. The second kappa shape index (κ2) is 4.63. The van der Waals surface area contributed by atoms with Gasteiger partial charge in [0, 0.05) is 6.54 Å². The Kier molecular flexibility index (Phi) is 2.93. The molecular formula is C14H14N2O4. The van der Waals surface area contributed by atoms with Crippen LogP contribution >= 0.6 is 0 Å². The monoisotopic (exact) mass is 274 g/mol. The average Bonchev–Trinajstić information content (AvgIpc) is 3.22. The maximum atomic E-state index is 12.0. The van der Waals surface area contributed by atoms with Crippen LogP contribution in [0.3, 0.4) is 0 Å². The molecule has 0 bridgehead atoms. The first kappa shape index (κ1) is 12.7. The largest absolute Gasteiger partial charge is 0.478 e. The highest BCUT2D eigenvalue weighted by Crippen LogP contribution is 2.32. The van der Waals surface area contributed by atoms with E-state index in [1.807, 2.05) is 0 Å². The smallest absolute Gasteiger partial charge is 0.337 e. The lowest BCUT2D eigenvalue weighted by molar-refractivity contribution is 0.0699. The predicted molar refractivity (Wildman–Crippen MR) is 73.1 cm³/mol. The number of aryl methyl sites for hydroxylation is 1. The molecule has 0 aliphatic heterocycles. The third-order valence-electron chi connectivity index (χ3n) is 3.70. The molecule has 6 nitrogen and oxygen atoms in total. The molecule has 0 radical (unpaired) electrons. The second-order valence-electron chi connectivity index (χ2n) is 5.15. The molecule has 1 aliphatic rings. The van der Waals surface area contributed by atoms with Crippen molar-refractivity contribution in [2.45, 2.75) is 25.8 Å². The number of carboxylic acid groups (broad SMARTS) is 1. The van der Waals surface area contributed by atoms with Gasteiger partial charge in [0.05, 0.1) is 16.6 Å². The Hall–Kier alpha value is -2.37. The van der Waals surface area contributed by atoms with Gasteiger partial charge in [-0.15, -0.1) is 0 Å². The molecule has 0 amide bonds. The van der Waals surface area contributed by atoms with E-state index in [1.54, 1.807) is 12.1 Å². The number of carboxylic acids is 1. The summed E-state index contributed by atoms with van der Waals surface area (Å²) in [6.45, 7) is 0.451. The molecule has 1 aliphatic carbocycles. The number of aromatic amines is 1. The third-order valence-corrected chi connectivity index (χ3v) is 3.70. The van der Waals surface area contributed by atoms with Crippen molar-refractivity contribution in [3.05, 3.63) is 44.5 Å². The van der Waals surface area contributed by atoms with E-state index in [4.69, 9.17) is 5.11 Å². The number of fused-ring (bicyclic) bond motifs is 1. The van der Waals surface area contributed by atoms with Crippen molar-refractivity contribution >= 4 is 17.0 Å². The number of hydrogen-bond acceptors (Lipinski definition) is 3. The van der Waals surface area contributed by atoms with E-state index < -0.39 is 17.1 Å². The minimum absolute atomic E-state index is 0.000211. The van der Waals surface area contributed by atoms with Gasteiger partial charge in [-0.05, 0) is 24.5 Å². The molecule has 2 N–H and O–H groups in total. The van der Waals surface area contributed by atoms with Crippen LogP contribution in [-0.2, 0) is 6.54 Å². The Morgan fingerprint density at radius 2 is 2.10 bits per heavy atom. The molecular weight excluding hydrogens is 260 g/mol. The van der Waals surface area contributed by atoms with Crippen LogP contribution in [0.2, 0.25) is 0 Å². The van der Waals surface area contributed by atoms with Gasteiger partial charge in [0.1, 0.15) is 0 Å². The predicted octanol–water partition coefficient (Wildman–Crippen LogP) is 1.19. The maximum Gasteiger partial charge on any atom is 0.337 e. The Morgan fingerprint density at radius 1 is 1.35 bits per heavy atom. The lowest BCUT2D eigenvalue weighted by Gasteiger charge is -2.10. The van der Waals surface area contributed by atoms with Gasteiger partial charge >= 0.3 is 17.1 Å². The highest BCUT2D eigenvalue weighted by Gasteiger charge is 2.22. The number of carbonyl (C=O) groups is 1. The summed E-state index contributed by atoms with van der Waals surface area (Å²) >= 11 is 0. The summed E-state index contributed by atoms with van der Waals surface area (Å²) in [6, 6.07) is 4.65. The molecule has 20 heavy (non-hydrogen) atoms. The number of aromatic nitrogens is 2. The zero-order valence-electron chi connectivity index (χ0n) is 10.8. The Balaban J connectivity index is 2.22. The van der Waals surface area contributed by atoms with Gasteiger partial charge in [-0.25, -0.2) is 4.79 Å². The molecule has 1 saturated carbocycles. The van der Waals surface area contributed by atoms with Gasteiger partial charge in [-0.3, -0.25) is 9.59 Å². The van der Waals surface area contributed by atoms with Gasteiger partial charge in [0.15, 0.2) is 0 Å². The lowest BCUT2D eigenvalue weighted by Crippen LogP contribution is -2.36. The van der Waals surface area contributed by atoms with Crippen LogP contribution in [0.15, 0.2) is 27.8 Å². The first-order valence-corrected chi connectivity index (χ1v) is 6.57. The average molecular weight is 274 g/mol. The number of aromatic carboxylic acids is 1. The number of nitrogens with zero attached hydrogens (tertiary/aromatic N) is 1. The summed E-state index contributed by atoms with van der Waals surface area (Å²) < 4.78 is 1.39. The minimum atomic E-state index is -1.13. The summed E-state index contributed by atoms with van der Waals surface area (Å²) in [5, 5.41) is 9.15. The van der Waals surface area contributed by atoms with E-state index in [0.29, 0.717) is 18.0 Å². The lowest BCUT2D eigenvalue weighted by atomic mass is 10.1. The maximum absolute atomic E-state index is 12.0. The minimum Gasteiger partial charge on any atom is -0.478 e. The topological polar surface area (TPSA) is 92.2 Å². The third kappa shape index (κ3) is 2.13. The summed E-state index contributed by atoms with van der Waals surface area (Å²) in [5.74, 6) is -0.502. The first-order chi connectivity index (χ1) is 9.58. The van der Waals surface area contributed by atoms with Gasteiger partial charge in [-0.2, -0.15) is 0 Å². The van der Waals surface area contributed by atoms with Gasteiger partial charge in [0.2, 0.25) is 0 Å². The molecule has 1 aromatic carbocycles. The van der Waals surface area contributed by atoms with Crippen LogP contribution in [0.1, 0.15) is 29.6 Å². The van der Waals surface area contributed by atoms with Crippen LogP contribution in [0.25, 0.3) is 11.0 Å². The van der Waals surface area contributed by atoms with Gasteiger partial charge in [0.25, 0.3) is 0 Å². The number of rotatable bonds is 4. The van der Waals surface area contributed by atoms with Crippen LogP contribution < -0.4 is 11.1 Å². The molecule has 104 valence electrons. The second-order valence-corrected chi connectivity index (χ2v) is 5.15. The van der Waals surface area contributed by atoms with E-state index in [-0.39, 0.29) is 11.1 Å². The molecule has 1 aromatic heterocycles. The SMILES string of the molecule is O=C(O)c1cccc2c1[nH]c(=O)c(=O)n2CCC1CC1. The summed E-state index contributed by atoms with van der Waals surface area (Å²) in [4.78, 5) is 37.2. The Labute approximate surface area is 113 Å². The Bertz CT molecular complexity index is 799. The fourth-order valence-corrected chi connectivity index (χ4v) is 2.41. The van der Waals surface area contributed by atoms with Crippen LogP contribution in [-0.4, -0.2) is 20.6 Å². The van der Waals surface area contributed by atoms with E-state index >= 15 is 0 Å². The molecule has 2 aromatic rings. The summed E-state index contributed by atoms with van der Waals surface area (Å²) in [5.41, 5.74) is -0.724. The zero-order chi connectivity index (χ0) is 14.3. The molecule has 1 heterocycles. The van der Waals surface area contributed by atoms with E-state index in [0.717, 1.165) is 19.3 Å². The summed E-state index contributed by atoms with van der Waals surface area (Å²) in [6.07, 6.45) is 3.17. The standard InChI is InChI=1S/C14H14N2O4/c17-12-13(18)16(7-6-8-4-5-8)10-3-1-2-9(14(19)20)11(10)15-12/h1-3,8H,4-7H2,(H,15,17)(H,19,20). The van der Waals surface area contributed by atoms with Crippen molar-refractivity contribution < 1.29 is 9.90 Å². The fourth-order valence-electron chi connectivity index (χ4n) is 2.41. The van der Waals surface area contributed by atoms with Crippen molar-refractivity contribution in [1.82, 2.24) is 9.55 Å². The number of nitrogens with one attached hydrogen (secondary N) is 1.